The lowest BCUT2D eigenvalue weighted by Gasteiger charge is -2.18. The third-order valence-corrected chi connectivity index (χ3v) is 6.57. The SMILES string of the molecule is Cc1nn(C)c(C)c1OSONC(=O)c1ccc(-n2ccc(OCCC3(C(F)(F)F)CC3)n2)nc1Cl. The standard InChI is InChI=1S/C21H22ClF3N6O4S/c1-12-17(13(2)30(3)27-12)34-36-35-29-19(32)14-4-5-15(26-18(14)22)31-10-6-16(28-31)33-11-9-20(7-8-20)21(23,24)25/h4-6,10H,7-9,11H2,1-3H3,(H,29,32). The first-order valence-electron chi connectivity index (χ1n) is 10.7. The number of aromatic nitrogens is 5. The molecule has 36 heavy (non-hydrogen) atoms. The van der Waals surface area contributed by atoms with Crippen molar-refractivity contribution in [2.45, 2.75) is 39.3 Å². The second kappa shape index (κ2) is 10.2. The summed E-state index contributed by atoms with van der Waals surface area (Å²) in [5.41, 5.74) is 2.06. The third kappa shape index (κ3) is 5.55. The molecule has 0 atom stereocenters. The molecule has 1 fully saturated rings. The number of hydrogen-bond acceptors (Lipinski definition) is 8. The summed E-state index contributed by atoms with van der Waals surface area (Å²) in [5, 5.41) is 8.24. The van der Waals surface area contributed by atoms with Crippen LogP contribution >= 0.6 is 23.9 Å². The van der Waals surface area contributed by atoms with Gasteiger partial charge in [-0.2, -0.15) is 22.6 Å². The maximum Gasteiger partial charge on any atom is 0.394 e. The number of alkyl halides is 3. The zero-order valence-electron chi connectivity index (χ0n) is 19.4. The van der Waals surface area contributed by atoms with E-state index < -0.39 is 17.5 Å². The lowest BCUT2D eigenvalue weighted by atomic mass is 10.0. The predicted molar refractivity (Wildman–Crippen MR) is 124 cm³/mol. The predicted octanol–water partition coefficient (Wildman–Crippen LogP) is 4.69. The number of ether oxygens (including phenoxy) is 1. The molecule has 0 aliphatic heterocycles. The number of carbonyl (C=O) groups excluding carboxylic acids is 1. The van der Waals surface area contributed by atoms with Gasteiger partial charge in [0, 0.05) is 19.3 Å². The largest absolute Gasteiger partial charge is 0.477 e. The summed E-state index contributed by atoms with van der Waals surface area (Å²) in [7, 11) is 1.78. The van der Waals surface area contributed by atoms with Crippen molar-refractivity contribution in [3.05, 3.63) is 46.5 Å². The van der Waals surface area contributed by atoms with Crippen molar-refractivity contribution in [3.63, 3.8) is 0 Å². The van der Waals surface area contributed by atoms with Crippen LogP contribution in [0.3, 0.4) is 0 Å². The van der Waals surface area contributed by atoms with E-state index in [1.165, 1.54) is 29.1 Å². The van der Waals surface area contributed by atoms with E-state index in [1.54, 1.807) is 18.7 Å². The van der Waals surface area contributed by atoms with E-state index in [2.05, 4.69) is 20.7 Å². The average molecular weight is 547 g/mol. The van der Waals surface area contributed by atoms with Crippen LogP contribution < -0.4 is 14.4 Å². The number of halogens is 4. The van der Waals surface area contributed by atoms with E-state index >= 15 is 0 Å². The summed E-state index contributed by atoms with van der Waals surface area (Å²) >= 11 is 6.72. The van der Waals surface area contributed by atoms with Gasteiger partial charge >= 0.3 is 6.18 Å². The quantitative estimate of drug-likeness (QED) is 0.169. The van der Waals surface area contributed by atoms with Gasteiger partial charge in [-0.15, -0.1) is 5.10 Å². The zero-order chi connectivity index (χ0) is 26.1. The Bertz CT molecular complexity index is 1260. The molecule has 3 heterocycles. The molecular weight excluding hydrogens is 525 g/mol. The average Bonchev–Trinajstić information content (AvgIpc) is 3.40. The molecule has 0 radical (unpaired) electrons. The Balaban J connectivity index is 1.28. The molecule has 1 amide bonds. The molecule has 3 aromatic rings. The van der Waals surface area contributed by atoms with Crippen molar-refractivity contribution < 1.29 is 31.2 Å². The number of carbonyl (C=O) groups is 1. The van der Waals surface area contributed by atoms with Crippen LogP contribution in [0.5, 0.6) is 11.6 Å². The van der Waals surface area contributed by atoms with Gasteiger partial charge in [-0.1, -0.05) is 11.6 Å². The number of pyridine rings is 1. The number of hydrogen-bond donors (Lipinski definition) is 1. The second-order valence-corrected chi connectivity index (χ2v) is 9.10. The van der Waals surface area contributed by atoms with Gasteiger partial charge in [-0.25, -0.2) is 15.1 Å². The van der Waals surface area contributed by atoms with Gasteiger partial charge < -0.3 is 8.92 Å². The van der Waals surface area contributed by atoms with E-state index in [9.17, 15) is 18.0 Å². The fourth-order valence-corrected chi connectivity index (χ4v) is 4.13. The summed E-state index contributed by atoms with van der Waals surface area (Å²) in [4.78, 5) is 16.5. The van der Waals surface area contributed by atoms with E-state index in [0.29, 0.717) is 23.8 Å². The first kappa shape index (κ1) is 26.1. The molecule has 10 nitrogen and oxygen atoms in total. The molecule has 3 aromatic heterocycles. The molecule has 1 N–H and O–H groups in total. The second-order valence-electron chi connectivity index (χ2n) is 8.27. The van der Waals surface area contributed by atoms with Gasteiger partial charge in [0.05, 0.1) is 23.3 Å². The minimum atomic E-state index is -4.22. The van der Waals surface area contributed by atoms with Crippen LogP contribution in [0.25, 0.3) is 5.82 Å². The smallest absolute Gasteiger partial charge is 0.394 e. The van der Waals surface area contributed by atoms with Gasteiger partial charge in [0.25, 0.3) is 18.2 Å². The summed E-state index contributed by atoms with van der Waals surface area (Å²) in [6.07, 6.45) is -2.58. The Labute approximate surface area is 213 Å². The van der Waals surface area contributed by atoms with Gasteiger partial charge in [0.2, 0.25) is 5.88 Å². The van der Waals surface area contributed by atoms with Crippen LogP contribution in [0, 0.1) is 19.3 Å². The number of amides is 1. The molecule has 4 rings (SSSR count). The van der Waals surface area contributed by atoms with Crippen LogP contribution in [-0.4, -0.2) is 43.2 Å². The lowest BCUT2D eigenvalue weighted by Crippen LogP contribution is -2.26. The molecule has 0 bridgehead atoms. The summed E-state index contributed by atoms with van der Waals surface area (Å²) in [5.74, 6) is 0.299. The summed E-state index contributed by atoms with van der Waals surface area (Å²) < 4.78 is 57.8. The first-order valence-corrected chi connectivity index (χ1v) is 11.8. The Morgan fingerprint density at radius 3 is 2.61 bits per heavy atom. The monoisotopic (exact) mass is 546 g/mol. The Kier molecular flexibility index (Phi) is 7.38. The molecule has 0 unspecified atom stereocenters. The van der Waals surface area contributed by atoms with Crippen LogP contribution in [0.2, 0.25) is 5.15 Å². The third-order valence-electron chi connectivity index (χ3n) is 5.89. The van der Waals surface area contributed by atoms with Gasteiger partial charge in [-0.3, -0.25) is 9.48 Å². The van der Waals surface area contributed by atoms with E-state index in [1.807, 2.05) is 6.92 Å². The Morgan fingerprint density at radius 2 is 2.00 bits per heavy atom. The van der Waals surface area contributed by atoms with Crippen molar-refractivity contribution in [2.75, 3.05) is 6.61 Å². The molecule has 15 heteroatoms. The number of nitrogens with one attached hydrogen (secondary N) is 1. The van der Waals surface area contributed by atoms with Gasteiger partial charge in [-0.05, 0) is 45.2 Å². The number of aryl methyl sites for hydroxylation is 2. The maximum atomic E-state index is 13.0. The zero-order valence-corrected chi connectivity index (χ0v) is 21.0. The molecular formula is C21H22ClF3N6O4S. The van der Waals surface area contributed by atoms with Crippen LogP contribution in [-0.2, 0) is 11.3 Å². The number of nitrogens with zero attached hydrogens (tertiary/aromatic N) is 5. The highest BCUT2D eigenvalue weighted by Gasteiger charge is 2.62. The van der Waals surface area contributed by atoms with Gasteiger partial charge in [0.1, 0.15) is 10.8 Å². The van der Waals surface area contributed by atoms with Crippen LogP contribution in [0.15, 0.2) is 24.4 Å². The normalized spacial score (nSPS) is 14.5. The topological polar surface area (TPSA) is 105 Å². The van der Waals surface area contributed by atoms with Crippen molar-refractivity contribution in [1.29, 1.82) is 0 Å². The highest BCUT2D eigenvalue weighted by atomic mass is 35.5. The summed E-state index contributed by atoms with van der Waals surface area (Å²) in [6.45, 7) is 3.50. The Morgan fingerprint density at radius 1 is 1.25 bits per heavy atom. The van der Waals surface area contributed by atoms with Crippen molar-refractivity contribution in [3.8, 4) is 17.4 Å². The van der Waals surface area contributed by atoms with Crippen molar-refractivity contribution in [1.82, 2.24) is 30.0 Å². The maximum absolute atomic E-state index is 13.0. The van der Waals surface area contributed by atoms with Crippen molar-refractivity contribution >= 4 is 29.8 Å². The molecule has 1 saturated carbocycles. The minimum Gasteiger partial charge on any atom is -0.477 e. The number of rotatable bonds is 10. The van der Waals surface area contributed by atoms with E-state index in [4.69, 9.17) is 24.8 Å². The van der Waals surface area contributed by atoms with Crippen LogP contribution in [0.1, 0.15) is 41.0 Å². The van der Waals surface area contributed by atoms with E-state index in [0.717, 1.165) is 5.69 Å². The molecule has 1 aliphatic rings. The summed E-state index contributed by atoms with van der Waals surface area (Å²) in [6, 6.07) is 4.42. The lowest BCUT2D eigenvalue weighted by molar-refractivity contribution is -0.190. The van der Waals surface area contributed by atoms with Gasteiger partial charge in [0.15, 0.2) is 11.6 Å². The fraction of sp³-hybridized carbons (Fsp3) is 0.429. The molecule has 0 aromatic carbocycles. The first-order chi connectivity index (χ1) is 17.0. The highest BCUT2D eigenvalue weighted by Crippen LogP contribution is 2.59. The molecule has 194 valence electrons. The van der Waals surface area contributed by atoms with Crippen LogP contribution in [0.4, 0.5) is 13.2 Å². The molecule has 1 aliphatic carbocycles. The highest BCUT2D eigenvalue weighted by molar-refractivity contribution is 7.90. The molecule has 0 spiro atoms. The van der Waals surface area contributed by atoms with Crippen molar-refractivity contribution in [2.24, 2.45) is 12.5 Å². The number of hydroxylamine groups is 1. The minimum absolute atomic E-state index is 0.0419. The Hall–Kier alpha value is -2.97. The molecule has 0 saturated heterocycles. The fourth-order valence-electron chi connectivity index (χ4n) is 3.45. The van der Waals surface area contributed by atoms with E-state index in [-0.39, 0.29) is 48.3 Å².